The Bertz CT molecular complexity index is 654. The fraction of sp³-hybridized carbons (Fsp3) is 0.733. The molecule has 0 bridgehead atoms. The summed E-state index contributed by atoms with van der Waals surface area (Å²) in [6.45, 7) is 3.07. The highest BCUT2D eigenvalue weighted by molar-refractivity contribution is 5.07. The Morgan fingerprint density at radius 3 is 2.61 bits per heavy atom. The fourth-order valence-corrected chi connectivity index (χ4v) is 3.02. The maximum Gasteiger partial charge on any atom is 0.330 e. The molecule has 130 valence electrons. The maximum atomic E-state index is 12.2. The third-order valence-corrected chi connectivity index (χ3v) is 4.37. The average molecular weight is 328 g/mol. The van der Waals surface area contributed by atoms with E-state index in [1.807, 2.05) is 6.92 Å². The topological polar surface area (TPSA) is 125 Å². The van der Waals surface area contributed by atoms with E-state index in [4.69, 9.17) is 4.74 Å². The second-order valence-electron chi connectivity index (χ2n) is 6.02. The van der Waals surface area contributed by atoms with Gasteiger partial charge in [-0.2, -0.15) is 0 Å². The Morgan fingerprint density at radius 1 is 1.35 bits per heavy atom. The molecule has 1 aliphatic heterocycles. The number of hydrogen-bond donors (Lipinski definition) is 4. The quantitative estimate of drug-likeness (QED) is 0.506. The monoisotopic (exact) mass is 328 g/mol. The van der Waals surface area contributed by atoms with E-state index in [1.54, 1.807) is 0 Å². The summed E-state index contributed by atoms with van der Waals surface area (Å²) >= 11 is 0. The number of aliphatic hydroxyl groups excluding tert-OH is 3. The van der Waals surface area contributed by atoms with Gasteiger partial charge in [-0.05, 0) is 19.8 Å². The zero-order chi connectivity index (χ0) is 17.2. The van der Waals surface area contributed by atoms with Crippen LogP contribution in [-0.2, 0) is 10.5 Å². The summed E-state index contributed by atoms with van der Waals surface area (Å²) in [5.74, 6) is 0. The van der Waals surface area contributed by atoms with Crippen molar-refractivity contribution in [3.05, 3.63) is 32.6 Å². The summed E-state index contributed by atoms with van der Waals surface area (Å²) in [7, 11) is 0. The van der Waals surface area contributed by atoms with Crippen molar-refractivity contribution in [1.29, 1.82) is 0 Å². The lowest BCUT2D eigenvalue weighted by molar-refractivity contribution is -0.156. The standard InChI is InChI=1S/C15H24N2O6/c1-3-4-5-6-15(12(20)11(19)10(8-18)23-15)17-7-9(2)13(21)16-14(17)22/h7,10-12,18-20H,3-6,8H2,1-2H3,(H,16,21,22)/t10-,11-,12-,15-/m1/s1. The fourth-order valence-electron chi connectivity index (χ4n) is 3.02. The van der Waals surface area contributed by atoms with Crippen molar-refractivity contribution in [2.75, 3.05) is 6.61 Å². The van der Waals surface area contributed by atoms with E-state index in [2.05, 4.69) is 4.98 Å². The Morgan fingerprint density at radius 2 is 2.04 bits per heavy atom. The van der Waals surface area contributed by atoms with Gasteiger partial charge < -0.3 is 20.1 Å². The molecule has 8 heteroatoms. The van der Waals surface area contributed by atoms with Crippen molar-refractivity contribution in [1.82, 2.24) is 9.55 Å². The van der Waals surface area contributed by atoms with Crippen LogP contribution in [0, 0.1) is 6.92 Å². The summed E-state index contributed by atoms with van der Waals surface area (Å²) in [5.41, 5.74) is -2.45. The molecule has 8 nitrogen and oxygen atoms in total. The molecule has 0 aromatic carbocycles. The molecule has 1 aromatic rings. The molecule has 2 rings (SSSR count). The molecule has 1 saturated heterocycles. The van der Waals surface area contributed by atoms with Crippen molar-refractivity contribution in [2.24, 2.45) is 0 Å². The van der Waals surface area contributed by atoms with Crippen molar-refractivity contribution in [3.8, 4) is 0 Å². The SMILES string of the molecule is CCCCC[C@@]1(n2cc(C)c(=O)[nH]c2=O)O[C@H](CO)[C@@H](O)[C@H]1O. The molecule has 4 atom stereocenters. The molecule has 0 unspecified atom stereocenters. The zero-order valence-corrected chi connectivity index (χ0v) is 13.4. The molecule has 1 fully saturated rings. The number of aryl methyl sites for hydroxylation is 1. The van der Waals surface area contributed by atoms with E-state index in [0.29, 0.717) is 6.42 Å². The Hall–Kier alpha value is -1.48. The van der Waals surface area contributed by atoms with Gasteiger partial charge in [0.05, 0.1) is 6.61 Å². The van der Waals surface area contributed by atoms with E-state index < -0.39 is 41.9 Å². The van der Waals surface area contributed by atoms with Crippen LogP contribution >= 0.6 is 0 Å². The molecule has 1 aliphatic rings. The highest BCUT2D eigenvalue weighted by Crippen LogP contribution is 2.38. The normalized spacial score (nSPS) is 30.7. The van der Waals surface area contributed by atoms with Crippen molar-refractivity contribution >= 4 is 0 Å². The number of aliphatic hydroxyl groups is 3. The van der Waals surface area contributed by atoms with Gasteiger partial charge in [-0.1, -0.05) is 19.8 Å². The van der Waals surface area contributed by atoms with Gasteiger partial charge in [-0.25, -0.2) is 4.79 Å². The van der Waals surface area contributed by atoms with E-state index in [9.17, 15) is 24.9 Å². The van der Waals surface area contributed by atoms with Crippen molar-refractivity contribution in [2.45, 2.75) is 63.6 Å². The lowest BCUT2D eigenvalue weighted by Crippen LogP contribution is -2.52. The van der Waals surface area contributed by atoms with Gasteiger partial charge in [0.15, 0.2) is 5.72 Å². The smallest absolute Gasteiger partial charge is 0.330 e. The van der Waals surface area contributed by atoms with Gasteiger partial charge in [0.1, 0.15) is 18.3 Å². The van der Waals surface area contributed by atoms with Crippen LogP contribution in [0.2, 0.25) is 0 Å². The minimum absolute atomic E-state index is 0.279. The predicted octanol–water partition coefficient (Wildman–Crippen LogP) is -0.809. The Labute approximate surface area is 133 Å². The highest BCUT2D eigenvalue weighted by Gasteiger charge is 2.55. The minimum Gasteiger partial charge on any atom is -0.394 e. The van der Waals surface area contributed by atoms with Crippen LogP contribution in [0.15, 0.2) is 15.8 Å². The number of H-pyrrole nitrogens is 1. The molecule has 0 saturated carbocycles. The van der Waals surface area contributed by atoms with E-state index in [0.717, 1.165) is 17.4 Å². The molecular formula is C15H24N2O6. The van der Waals surface area contributed by atoms with E-state index >= 15 is 0 Å². The summed E-state index contributed by atoms with van der Waals surface area (Å²) in [5, 5.41) is 29.9. The molecular weight excluding hydrogens is 304 g/mol. The molecule has 0 radical (unpaired) electrons. The van der Waals surface area contributed by atoms with Gasteiger partial charge in [-0.3, -0.25) is 14.3 Å². The van der Waals surface area contributed by atoms with Gasteiger partial charge >= 0.3 is 5.69 Å². The number of ether oxygens (including phenoxy) is 1. The maximum absolute atomic E-state index is 12.2. The molecule has 23 heavy (non-hydrogen) atoms. The van der Waals surface area contributed by atoms with Gasteiger partial charge in [0.25, 0.3) is 5.56 Å². The lowest BCUT2D eigenvalue weighted by Gasteiger charge is -2.34. The molecule has 1 aromatic heterocycles. The first-order chi connectivity index (χ1) is 10.9. The first kappa shape index (κ1) is 17.9. The van der Waals surface area contributed by atoms with Gasteiger partial charge in [0, 0.05) is 11.8 Å². The number of aromatic amines is 1. The average Bonchev–Trinajstić information content (AvgIpc) is 2.76. The third-order valence-electron chi connectivity index (χ3n) is 4.37. The van der Waals surface area contributed by atoms with Crippen molar-refractivity contribution < 1.29 is 20.1 Å². The number of nitrogens with zero attached hydrogens (tertiary/aromatic N) is 1. The third kappa shape index (κ3) is 3.12. The molecule has 0 amide bonds. The molecule has 0 aliphatic carbocycles. The first-order valence-corrected chi connectivity index (χ1v) is 7.85. The molecule has 4 N–H and O–H groups in total. The second-order valence-corrected chi connectivity index (χ2v) is 6.02. The zero-order valence-electron chi connectivity index (χ0n) is 13.4. The summed E-state index contributed by atoms with van der Waals surface area (Å²) in [6, 6.07) is 0. The van der Waals surface area contributed by atoms with Crippen LogP contribution in [0.25, 0.3) is 0 Å². The van der Waals surface area contributed by atoms with Crippen LogP contribution in [0.1, 0.15) is 38.2 Å². The first-order valence-electron chi connectivity index (χ1n) is 7.85. The minimum atomic E-state index is -1.51. The van der Waals surface area contributed by atoms with E-state index in [1.165, 1.54) is 13.1 Å². The summed E-state index contributed by atoms with van der Waals surface area (Å²) in [6.07, 6.45) is 0.338. The number of nitrogens with one attached hydrogen (secondary N) is 1. The van der Waals surface area contributed by atoms with Gasteiger partial charge in [-0.15, -0.1) is 0 Å². The van der Waals surface area contributed by atoms with Crippen LogP contribution < -0.4 is 11.2 Å². The number of rotatable bonds is 6. The Balaban J connectivity index is 2.53. The van der Waals surface area contributed by atoms with Gasteiger partial charge in [0.2, 0.25) is 0 Å². The van der Waals surface area contributed by atoms with Crippen LogP contribution in [0.4, 0.5) is 0 Å². The van der Waals surface area contributed by atoms with E-state index in [-0.39, 0.29) is 12.0 Å². The molecule has 0 spiro atoms. The number of aromatic nitrogens is 2. The highest BCUT2D eigenvalue weighted by atomic mass is 16.6. The summed E-state index contributed by atoms with van der Waals surface area (Å²) < 4.78 is 6.85. The predicted molar refractivity (Wildman–Crippen MR) is 82.1 cm³/mol. The van der Waals surface area contributed by atoms with Crippen LogP contribution in [-0.4, -0.2) is 49.8 Å². The Kier molecular flexibility index (Phi) is 5.41. The lowest BCUT2D eigenvalue weighted by atomic mass is 9.96. The van der Waals surface area contributed by atoms with Crippen LogP contribution in [0.5, 0.6) is 0 Å². The number of hydrogen-bond acceptors (Lipinski definition) is 6. The second kappa shape index (κ2) is 6.96. The van der Waals surface area contributed by atoms with Crippen LogP contribution in [0.3, 0.4) is 0 Å². The number of unbranched alkanes of at least 4 members (excludes halogenated alkanes) is 2. The molecule has 2 heterocycles. The van der Waals surface area contributed by atoms with Crippen molar-refractivity contribution in [3.63, 3.8) is 0 Å². The summed E-state index contributed by atoms with van der Waals surface area (Å²) in [4.78, 5) is 26.0. The largest absolute Gasteiger partial charge is 0.394 e.